The molecule has 0 aromatic rings. The lowest BCUT2D eigenvalue weighted by Gasteiger charge is -2.11. The summed E-state index contributed by atoms with van der Waals surface area (Å²) in [5.74, 6) is 3.59. The van der Waals surface area contributed by atoms with Gasteiger partial charge in [-0.25, -0.2) is 15.2 Å². The predicted molar refractivity (Wildman–Crippen MR) is 44.5 cm³/mol. The molecular formula is C8H7N3O3. The first-order valence-corrected chi connectivity index (χ1v) is 3.85. The molecule has 0 radical (unpaired) electrons. The Bertz CT molecular complexity index is 347. The summed E-state index contributed by atoms with van der Waals surface area (Å²) >= 11 is 0. The molecule has 0 aliphatic carbocycles. The van der Waals surface area contributed by atoms with E-state index in [1.165, 1.54) is 11.1 Å². The van der Waals surface area contributed by atoms with Crippen molar-refractivity contribution in [2.75, 3.05) is 19.7 Å². The Labute approximate surface area is 80.4 Å². The molecule has 1 amide bonds. The smallest absolute Gasteiger partial charge is 0.424 e. The molecule has 1 fully saturated rings. The van der Waals surface area contributed by atoms with Crippen molar-refractivity contribution in [3.63, 3.8) is 0 Å². The Kier molecular flexibility index (Phi) is 3.48. The maximum Gasteiger partial charge on any atom is 0.424 e. The van der Waals surface area contributed by atoms with E-state index in [9.17, 15) is 9.59 Å². The van der Waals surface area contributed by atoms with Crippen LogP contribution in [0.4, 0.5) is 4.79 Å². The Morgan fingerprint density at radius 3 is 3.07 bits per heavy atom. The van der Waals surface area contributed by atoms with Crippen LogP contribution >= 0.6 is 0 Å². The van der Waals surface area contributed by atoms with Crippen LogP contribution in [0.3, 0.4) is 0 Å². The van der Waals surface area contributed by atoms with E-state index in [2.05, 4.69) is 16.1 Å². The number of carbonyl (C=O) groups excluding carboxylic acids is 2. The number of cyclic esters (lactones) is 1. The summed E-state index contributed by atoms with van der Waals surface area (Å²) in [7, 11) is 0. The van der Waals surface area contributed by atoms with Crippen molar-refractivity contribution in [2.24, 2.45) is 0 Å². The number of nitriles is 1. The number of carbonyl (C=O) groups is 2. The first kappa shape index (κ1) is 10.0. The summed E-state index contributed by atoms with van der Waals surface area (Å²) in [6, 6.07) is 1.52. The molecule has 0 saturated carbocycles. The highest BCUT2D eigenvalue weighted by atomic mass is 16.6. The largest absolute Gasteiger partial charge is 0.447 e. The Morgan fingerprint density at radius 1 is 1.71 bits per heavy atom. The van der Waals surface area contributed by atoms with Crippen molar-refractivity contribution < 1.29 is 14.3 Å². The number of hydrogen-bond acceptors (Lipinski definition) is 5. The molecule has 0 atom stereocenters. The van der Waals surface area contributed by atoms with E-state index in [4.69, 9.17) is 5.26 Å². The van der Waals surface area contributed by atoms with E-state index in [1.54, 1.807) is 0 Å². The zero-order chi connectivity index (χ0) is 10.4. The fourth-order valence-electron chi connectivity index (χ4n) is 0.846. The first-order chi connectivity index (χ1) is 6.74. The minimum Gasteiger partial charge on any atom is -0.447 e. The third kappa shape index (κ3) is 2.77. The lowest BCUT2D eigenvalue weighted by atomic mass is 10.4. The number of ether oxygens (including phenoxy) is 1. The number of nitrogens with zero attached hydrogens (tertiary/aromatic N) is 2. The van der Waals surface area contributed by atoms with Gasteiger partial charge in [-0.3, -0.25) is 4.79 Å². The molecule has 6 nitrogen and oxygen atoms in total. The number of nitrogens with one attached hydrogen (secondary N) is 1. The van der Waals surface area contributed by atoms with E-state index in [1.807, 2.05) is 5.92 Å². The van der Waals surface area contributed by atoms with Gasteiger partial charge in [0.2, 0.25) is 5.78 Å². The van der Waals surface area contributed by atoms with Gasteiger partial charge < -0.3 is 4.74 Å². The zero-order valence-electron chi connectivity index (χ0n) is 7.24. The average molecular weight is 193 g/mol. The second-order valence-electron chi connectivity index (χ2n) is 2.39. The maximum absolute atomic E-state index is 10.9. The van der Waals surface area contributed by atoms with Crippen LogP contribution in [0.25, 0.3) is 0 Å². The number of hydrazine groups is 1. The molecule has 0 aromatic heterocycles. The fraction of sp³-hybridized carbons (Fsp3) is 0.375. The molecule has 1 saturated heterocycles. The van der Waals surface area contributed by atoms with E-state index >= 15 is 0 Å². The third-order valence-electron chi connectivity index (χ3n) is 1.45. The number of Topliss-reactive ketones (excluding diaryl/α,β-unsaturated/α-hetero) is 1. The third-order valence-corrected chi connectivity index (χ3v) is 1.45. The van der Waals surface area contributed by atoms with Crippen molar-refractivity contribution in [3.8, 4) is 17.9 Å². The van der Waals surface area contributed by atoms with Gasteiger partial charge in [-0.1, -0.05) is 0 Å². The molecule has 72 valence electrons. The molecule has 6 heteroatoms. The molecule has 0 aromatic carbocycles. The minimum atomic E-state index is -0.508. The summed E-state index contributed by atoms with van der Waals surface area (Å²) in [4.78, 5) is 21.7. The molecular weight excluding hydrogens is 186 g/mol. The molecule has 1 aliphatic heterocycles. The average Bonchev–Trinajstić information content (AvgIpc) is 2.58. The van der Waals surface area contributed by atoms with Crippen LogP contribution in [0.2, 0.25) is 0 Å². The standard InChI is InChI=1S/C8H7N3O3/c9-3-1-2-7(12)6-10-11-4-5-14-8(11)13/h10H,4-6H2. The maximum atomic E-state index is 10.9. The molecule has 1 aliphatic rings. The topological polar surface area (TPSA) is 82.4 Å². The SMILES string of the molecule is N#CC#CC(=O)CNN1CCOC1=O. The van der Waals surface area contributed by atoms with Gasteiger partial charge in [-0.05, 0) is 5.92 Å². The Balaban J connectivity index is 2.30. The van der Waals surface area contributed by atoms with Gasteiger partial charge >= 0.3 is 6.09 Å². The highest BCUT2D eigenvalue weighted by molar-refractivity contribution is 5.97. The fourth-order valence-corrected chi connectivity index (χ4v) is 0.846. The quantitative estimate of drug-likeness (QED) is 0.461. The highest BCUT2D eigenvalue weighted by Crippen LogP contribution is 1.97. The Morgan fingerprint density at radius 2 is 2.50 bits per heavy atom. The monoisotopic (exact) mass is 193 g/mol. The van der Waals surface area contributed by atoms with Gasteiger partial charge in [0, 0.05) is 5.92 Å². The van der Waals surface area contributed by atoms with Crippen LogP contribution < -0.4 is 5.43 Å². The molecule has 1 N–H and O–H groups in total. The molecule has 1 rings (SSSR count). The number of ketones is 1. The molecule has 14 heavy (non-hydrogen) atoms. The van der Waals surface area contributed by atoms with Crippen LogP contribution in [-0.4, -0.2) is 36.6 Å². The first-order valence-electron chi connectivity index (χ1n) is 3.85. The van der Waals surface area contributed by atoms with Crippen LogP contribution in [0, 0.1) is 23.2 Å². The Hall–Kier alpha value is -2.05. The van der Waals surface area contributed by atoms with Crippen molar-refractivity contribution in [1.82, 2.24) is 10.4 Å². The summed E-state index contributed by atoms with van der Waals surface area (Å²) in [6.45, 7) is 0.603. The highest BCUT2D eigenvalue weighted by Gasteiger charge is 2.21. The van der Waals surface area contributed by atoms with E-state index in [0.717, 1.165) is 0 Å². The molecule has 0 unspecified atom stereocenters. The van der Waals surface area contributed by atoms with Crippen LogP contribution in [0.15, 0.2) is 0 Å². The molecule has 1 heterocycles. The van der Waals surface area contributed by atoms with Gasteiger partial charge in [0.25, 0.3) is 0 Å². The summed E-state index contributed by atoms with van der Waals surface area (Å²) < 4.78 is 4.60. The zero-order valence-corrected chi connectivity index (χ0v) is 7.24. The summed E-state index contributed by atoms with van der Waals surface area (Å²) in [5.41, 5.74) is 2.54. The van der Waals surface area contributed by atoms with Crippen molar-refractivity contribution in [2.45, 2.75) is 0 Å². The van der Waals surface area contributed by atoms with Gasteiger partial charge in [0.15, 0.2) is 6.07 Å². The van der Waals surface area contributed by atoms with Crippen molar-refractivity contribution >= 4 is 11.9 Å². The van der Waals surface area contributed by atoms with Crippen LogP contribution in [0.5, 0.6) is 0 Å². The predicted octanol–water partition coefficient (Wildman–Crippen LogP) is -0.961. The van der Waals surface area contributed by atoms with E-state index in [0.29, 0.717) is 13.2 Å². The lowest BCUT2D eigenvalue weighted by molar-refractivity contribution is -0.113. The van der Waals surface area contributed by atoms with Crippen LogP contribution in [-0.2, 0) is 9.53 Å². The molecule has 0 spiro atoms. The van der Waals surface area contributed by atoms with Gasteiger partial charge in [0.05, 0.1) is 13.1 Å². The van der Waals surface area contributed by atoms with Crippen LogP contribution in [0.1, 0.15) is 0 Å². The molecule has 0 bridgehead atoms. The van der Waals surface area contributed by atoms with E-state index in [-0.39, 0.29) is 6.54 Å². The second-order valence-corrected chi connectivity index (χ2v) is 2.39. The number of amides is 1. The van der Waals surface area contributed by atoms with Gasteiger partial charge in [-0.2, -0.15) is 5.26 Å². The minimum absolute atomic E-state index is 0.107. The number of rotatable bonds is 3. The van der Waals surface area contributed by atoms with Gasteiger partial charge in [0.1, 0.15) is 6.61 Å². The second kappa shape index (κ2) is 4.85. The van der Waals surface area contributed by atoms with E-state index < -0.39 is 11.9 Å². The lowest BCUT2D eigenvalue weighted by Crippen LogP contribution is -2.41. The normalized spacial score (nSPS) is 13.9. The summed E-state index contributed by atoms with van der Waals surface area (Å²) in [6.07, 6.45) is -0.508. The summed E-state index contributed by atoms with van der Waals surface area (Å²) in [5, 5.41) is 9.24. The number of hydrogen-bond donors (Lipinski definition) is 1. The van der Waals surface area contributed by atoms with Crippen molar-refractivity contribution in [1.29, 1.82) is 5.26 Å². The van der Waals surface area contributed by atoms with Gasteiger partial charge in [-0.15, -0.1) is 0 Å². The van der Waals surface area contributed by atoms with Crippen molar-refractivity contribution in [3.05, 3.63) is 0 Å².